The van der Waals surface area contributed by atoms with Crippen molar-refractivity contribution in [3.05, 3.63) is 23.3 Å². The molecule has 1 aromatic rings. The Hall–Kier alpha value is -1.15. The lowest BCUT2D eigenvalue weighted by molar-refractivity contribution is 0.0101. The van der Waals surface area contributed by atoms with E-state index in [9.17, 15) is 8.42 Å². The lowest BCUT2D eigenvalue weighted by Crippen LogP contribution is -2.44. The van der Waals surface area contributed by atoms with Crippen LogP contribution in [0.25, 0.3) is 0 Å². The average molecular weight is 299 g/mol. The molecule has 0 spiro atoms. The van der Waals surface area contributed by atoms with Crippen molar-refractivity contribution in [1.82, 2.24) is 4.31 Å². The Bertz CT molecular complexity index is 578. The summed E-state index contributed by atoms with van der Waals surface area (Å²) in [4.78, 5) is 0.366. The first-order valence-electron chi connectivity index (χ1n) is 6.56. The molecular weight excluding hydrogens is 278 g/mol. The van der Waals surface area contributed by atoms with Crippen LogP contribution in [0.3, 0.4) is 0 Å². The molecule has 1 saturated heterocycles. The maximum Gasteiger partial charge on any atom is 0.243 e. The molecule has 0 aliphatic carbocycles. The number of morpholine rings is 1. The number of aryl methyl sites for hydroxylation is 2. The number of rotatable bonds is 3. The number of hydrogen-bond donors (Lipinski definition) is 2. The van der Waals surface area contributed by atoms with E-state index in [0.29, 0.717) is 41.4 Å². The van der Waals surface area contributed by atoms with Crippen LogP contribution in [0, 0.1) is 13.8 Å². The number of nitrogen functional groups attached to an aromatic ring is 1. The number of nitrogens with zero attached hydrogens (tertiary/aromatic N) is 1. The predicted octanol–water partition coefficient (Wildman–Crippen LogP) is 0.998. The molecule has 0 bridgehead atoms. The van der Waals surface area contributed by atoms with Crippen LogP contribution in [-0.4, -0.2) is 38.5 Å². The number of ether oxygens (including phenoxy) is 1. The molecule has 0 saturated carbocycles. The van der Waals surface area contributed by atoms with Crippen LogP contribution in [-0.2, 0) is 14.8 Å². The van der Waals surface area contributed by atoms with Crippen LogP contribution in [0.1, 0.15) is 18.1 Å². The molecule has 3 N–H and O–H groups in total. The molecule has 0 amide bonds. The van der Waals surface area contributed by atoms with E-state index in [2.05, 4.69) is 5.43 Å². The highest BCUT2D eigenvalue weighted by molar-refractivity contribution is 7.89. The van der Waals surface area contributed by atoms with Gasteiger partial charge in [0.05, 0.1) is 17.6 Å². The van der Waals surface area contributed by atoms with Crippen molar-refractivity contribution < 1.29 is 13.2 Å². The number of anilines is 1. The summed E-state index contributed by atoms with van der Waals surface area (Å²) in [5.41, 5.74) is 4.63. The molecular formula is C13H21N3O3S. The summed E-state index contributed by atoms with van der Waals surface area (Å²) in [6.45, 7) is 6.65. The van der Waals surface area contributed by atoms with Crippen LogP contribution >= 0.6 is 0 Å². The van der Waals surface area contributed by atoms with Crippen molar-refractivity contribution >= 4 is 15.7 Å². The minimum atomic E-state index is -3.50. The molecule has 2 rings (SSSR count). The topological polar surface area (TPSA) is 84.7 Å². The highest BCUT2D eigenvalue weighted by Gasteiger charge is 2.31. The Morgan fingerprint density at radius 1 is 1.35 bits per heavy atom. The Labute approximate surface area is 119 Å². The summed E-state index contributed by atoms with van der Waals surface area (Å²) >= 11 is 0. The second kappa shape index (κ2) is 5.69. The van der Waals surface area contributed by atoms with Gasteiger partial charge in [0, 0.05) is 18.8 Å². The fourth-order valence-corrected chi connectivity index (χ4v) is 4.49. The molecule has 1 atom stereocenters. The molecule has 1 aliphatic rings. The number of hydrogen-bond acceptors (Lipinski definition) is 5. The molecule has 0 aromatic heterocycles. The van der Waals surface area contributed by atoms with Crippen molar-refractivity contribution in [3.8, 4) is 0 Å². The zero-order chi connectivity index (χ0) is 14.9. The molecule has 112 valence electrons. The SMILES string of the molecule is Cc1cc(NN)cc(C)c1S(=O)(=O)N1CCOC(C)C1. The molecule has 7 heteroatoms. The van der Waals surface area contributed by atoms with Crippen LogP contribution in [0.15, 0.2) is 17.0 Å². The summed E-state index contributed by atoms with van der Waals surface area (Å²) < 4.78 is 32.5. The first-order chi connectivity index (χ1) is 9.36. The Balaban J connectivity index is 2.44. The van der Waals surface area contributed by atoms with Crippen molar-refractivity contribution in [2.75, 3.05) is 25.1 Å². The van der Waals surface area contributed by atoms with E-state index in [1.807, 2.05) is 6.92 Å². The van der Waals surface area contributed by atoms with Crippen LogP contribution in [0.2, 0.25) is 0 Å². The highest BCUT2D eigenvalue weighted by Crippen LogP contribution is 2.27. The molecule has 20 heavy (non-hydrogen) atoms. The minimum Gasteiger partial charge on any atom is -0.376 e. The van der Waals surface area contributed by atoms with E-state index in [0.717, 1.165) is 0 Å². The molecule has 1 aromatic carbocycles. The first kappa shape index (κ1) is 15.2. The summed E-state index contributed by atoms with van der Waals surface area (Å²) in [6, 6.07) is 3.48. The first-order valence-corrected chi connectivity index (χ1v) is 8.00. The van der Waals surface area contributed by atoms with Gasteiger partial charge in [-0.25, -0.2) is 8.42 Å². The lowest BCUT2D eigenvalue weighted by atomic mass is 10.1. The van der Waals surface area contributed by atoms with Gasteiger partial charge in [0.1, 0.15) is 0 Å². The van der Waals surface area contributed by atoms with Crippen LogP contribution in [0.4, 0.5) is 5.69 Å². The quantitative estimate of drug-likeness (QED) is 0.642. The second-order valence-electron chi connectivity index (χ2n) is 5.13. The predicted molar refractivity (Wildman–Crippen MR) is 77.9 cm³/mol. The third kappa shape index (κ3) is 2.80. The maximum absolute atomic E-state index is 12.8. The van der Waals surface area contributed by atoms with Crippen molar-refractivity contribution in [2.45, 2.75) is 31.8 Å². The van der Waals surface area contributed by atoms with Gasteiger partial charge in [0.2, 0.25) is 10.0 Å². The van der Waals surface area contributed by atoms with Gasteiger partial charge in [-0.1, -0.05) is 0 Å². The highest BCUT2D eigenvalue weighted by atomic mass is 32.2. The van der Waals surface area contributed by atoms with Gasteiger partial charge in [0.15, 0.2) is 0 Å². The molecule has 6 nitrogen and oxygen atoms in total. The lowest BCUT2D eigenvalue weighted by Gasteiger charge is -2.31. The van der Waals surface area contributed by atoms with Crippen molar-refractivity contribution in [1.29, 1.82) is 0 Å². The second-order valence-corrected chi connectivity index (χ2v) is 7.00. The van der Waals surface area contributed by atoms with Crippen molar-refractivity contribution in [2.24, 2.45) is 5.84 Å². The van der Waals surface area contributed by atoms with Gasteiger partial charge in [-0.2, -0.15) is 4.31 Å². The molecule has 0 radical (unpaired) electrons. The van der Waals surface area contributed by atoms with E-state index in [-0.39, 0.29) is 6.10 Å². The number of benzene rings is 1. The summed E-state index contributed by atoms with van der Waals surface area (Å²) in [7, 11) is -3.50. The molecule has 1 aliphatic heterocycles. The van der Waals surface area contributed by atoms with Gasteiger partial charge < -0.3 is 10.2 Å². The van der Waals surface area contributed by atoms with E-state index in [1.165, 1.54) is 4.31 Å². The summed E-state index contributed by atoms with van der Waals surface area (Å²) in [5.74, 6) is 5.38. The van der Waals surface area contributed by atoms with Crippen LogP contribution in [0.5, 0.6) is 0 Å². The zero-order valence-corrected chi connectivity index (χ0v) is 12.8. The number of nitrogens with two attached hydrogens (primary N) is 1. The number of sulfonamides is 1. The van der Waals surface area contributed by atoms with Gasteiger partial charge >= 0.3 is 0 Å². The van der Waals surface area contributed by atoms with Gasteiger partial charge in [0.25, 0.3) is 0 Å². The normalized spacial score (nSPS) is 20.9. The van der Waals surface area contributed by atoms with Crippen LogP contribution < -0.4 is 11.3 Å². The fourth-order valence-electron chi connectivity index (χ4n) is 2.57. The number of hydrazine groups is 1. The molecule has 1 fully saturated rings. The standard InChI is InChI=1S/C13H21N3O3S/c1-9-6-12(15-14)7-10(2)13(9)20(17,18)16-4-5-19-11(3)8-16/h6-7,11,15H,4-5,8,14H2,1-3H3. The third-order valence-corrected chi connectivity index (χ3v) is 5.60. The largest absolute Gasteiger partial charge is 0.376 e. The monoisotopic (exact) mass is 299 g/mol. The Kier molecular flexibility index (Phi) is 4.33. The van der Waals surface area contributed by atoms with E-state index < -0.39 is 10.0 Å². The fraction of sp³-hybridized carbons (Fsp3) is 0.538. The average Bonchev–Trinajstić information content (AvgIpc) is 2.37. The van der Waals surface area contributed by atoms with Gasteiger partial charge in [-0.15, -0.1) is 0 Å². The van der Waals surface area contributed by atoms with Gasteiger partial charge in [-0.3, -0.25) is 5.84 Å². The third-order valence-electron chi connectivity index (χ3n) is 3.43. The van der Waals surface area contributed by atoms with E-state index in [4.69, 9.17) is 10.6 Å². The Morgan fingerprint density at radius 3 is 2.45 bits per heavy atom. The molecule has 1 unspecified atom stereocenters. The smallest absolute Gasteiger partial charge is 0.243 e. The van der Waals surface area contributed by atoms with Gasteiger partial charge in [-0.05, 0) is 44.0 Å². The minimum absolute atomic E-state index is 0.0795. The van der Waals surface area contributed by atoms with E-state index >= 15 is 0 Å². The van der Waals surface area contributed by atoms with E-state index in [1.54, 1.807) is 26.0 Å². The van der Waals surface area contributed by atoms with Crippen molar-refractivity contribution in [3.63, 3.8) is 0 Å². The summed E-state index contributed by atoms with van der Waals surface area (Å²) in [6.07, 6.45) is -0.0795. The zero-order valence-electron chi connectivity index (χ0n) is 12.0. The Morgan fingerprint density at radius 2 is 1.95 bits per heavy atom. The summed E-state index contributed by atoms with van der Waals surface area (Å²) in [5, 5.41) is 0. The maximum atomic E-state index is 12.8. The molecule has 1 heterocycles. The number of nitrogens with one attached hydrogen (secondary N) is 1.